The van der Waals surface area contributed by atoms with E-state index in [9.17, 15) is 4.79 Å². The average molecular weight is 297 g/mol. The normalized spacial score (nSPS) is 11.4. The third-order valence-corrected chi connectivity index (χ3v) is 2.96. The maximum Gasteiger partial charge on any atom is 0.238 e. The van der Waals surface area contributed by atoms with E-state index < -0.39 is 0 Å². The van der Waals surface area contributed by atoms with Crippen molar-refractivity contribution in [2.45, 2.75) is 27.7 Å². The number of rotatable bonds is 7. The molecule has 0 unspecified atom stereocenters. The second-order valence-corrected chi connectivity index (χ2v) is 6.48. The van der Waals surface area contributed by atoms with Gasteiger partial charge in [0.15, 0.2) is 0 Å². The molecule has 0 spiro atoms. The second kappa shape index (κ2) is 8.28. The first-order chi connectivity index (χ1) is 9.36. The molecule has 0 aliphatic carbocycles. The quantitative estimate of drug-likeness (QED) is 0.828. The highest BCUT2D eigenvalue weighted by atomic mass is 35.5. The molecule has 3 nitrogen and oxygen atoms in total. The van der Waals surface area contributed by atoms with Crippen LogP contribution in [-0.2, 0) is 4.79 Å². The van der Waals surface area contributed by atoms with Crippen LogP contribution in [0.1, 0.15) is 27.7 Å². The number of amides is 1. The summed E-state index contributed by atoms with van der Waals surface area (Å²) in [7, 11) is 0. The van der Waals surface area contributed by atoms with Crippen molar-refractivity contribution < 1.29 is 4.79 Å². The third kappa shape index (κ3) is 6.92. The lowest BCUT2D eigenvalue weighted by atomic mass is 10.1. The maximum absolute atomic E-state index is 12.1. The Bertz CT molecular complexity index is 422. The zero-order valence-electron chi connectivity index (χ0n) is 12.8. The average Bonchev–Trinajstić information content (AvgIpc) is 2.26. The minimum atomic E-state index is 0.00793. The van der Waals surface area contributed by atoms with Crippen molar-refractivity contribution in [2.24, 2.45) is 11.8 Å². The number of hydrogen-bond acceptors (Lipinski definition) is 2. The van der Waals surface area contributed by atoms with E-state index in [1.54, 1.807) is 12.1 Å². The van der Waals surface area contributed by atoms with E-state index in [0.29, 0.717) is 23.4 Å². The van der Waals surface area contributed by atoms with E-state index in [1.165, 1.54) is 0 Å². The van der Waals surface area contributed by atoms with Gasteiger partial charge in [-0.1, -0.05) is 45.4 Å². The molecule has 0 atom stereocenters. The molecule has 0 radical (unpaired) electrons. The van der Waals surface area contributed by atoms with Crippen molar-refractivity contribution in [3.63, 3.8) is 0 Å². The molecule has 4 heteroatoms. The Morgan fingerprint density at radius 3 is 2.30 bits per heavy atom. The summed E-state index contributed by atoms with van der Waals surface area (Å²) in [4.78, 5) is 14.3. The van der Waals surface area contributed by atoms with Gasteiger partial charge in [0.2, 0.25) is 5.91 Å². The molecule has 1 rings (SSSR count). The SMILES string of the molecule is CC(C)CN(CC(=O)Nc1cccc(Cl)c1)CC(C)C. The Kier molecular flexibility index (Phi) is 7.03. The molecule has 20 heavy (non-hydrogen) atoms. The van der Waals surface area contributed by atoms with Crippen molar-refractivity contribution in [3.05, 3.63) is 29.3 Å². The number of hydrogen-bond donors (Lipinski definition) is 1. The lowest BCUT2D eigenvalue weighted by Crippen LogP contribution is -2.38. The molecule has 1 aromatic rings. The molecule has 0 aliphatic heterocycles. The van der Waals surface area contributed by atoms with Crippen LogP contribution in [0.2, 0.25) is 5.02 Å². The predicted octanol–water partition coefficient (Wildman–Crippen LogP) is 3.89. The minimum absolute atomic E-state index is 0.00793. The summed E-state index contributed by atoms with van der Waals surface area (Å²) in [6, 6.07) is 7.23. The van der Waals surface area contributed by atoms with E-state index >= 15 is 0 Å². The Hall–Kier alpha value is -1.06. The summed E-state index contributed by atoms with van der Waals surface area (Å²) >= 11 is 5.91. The molecule has 0 bridgehead atoms. The molecule has 1 amide bonds. The standard InChI is InChI=1S/C16H25ClN2O/c1-12(2)9-19(10-13(3)4)11-16(20)18-15-7-5-6-14(17)8-15/h5-8,12-13H,9-11H2,1-4H3,(H,18,20). The summed E-state index contributed by atoms with van der Waals surface area (Å²) in [6.45, 7) is 11.0. The second-order valence-electron chi connectivity index (χ2n) is 6.04. The van der Waals surface area contributed by atoms with Crippen molar-refractivity contribution in [1.29, 1.82) is 0 Å². The fraction of sp³-hybridized carbons (Fsp3) is 0.562. The summed E-state index contributed by atoms with van der Waals surface area (Å²) < 4.78 is 0. The van der Waals surface area contributed by atoms with Gasteiger partial charge in [0.1, 0.15) is 0 Å². The molecule has 0 aromatic heterocycles. The molecule has 0 saturated heterocycles. The largest absolute Gasteiger partial charge is 0.325 e. The number of nitrogens with zero attached hydrogens (tertiary/aromatic N) is 1. The number of halogens is 1. The summed E-state index contributed by atoms with van der Waals surface area (Å²) in [5, 5.41) is 3.52. The fourth-order valence-corrected chi connectivity index (χ4v) is 2.40. The molecule has 0 aliphatic rings. The molecule has 112 valence electrons. The number of nitrogens with one attached hydrogen (secondary N) is 1. The van der Waals surface area contributed by atoms with Gasteiger partial charge in [0.25, 0.3) is 0 Å². The van der Waals surface area contributed by atoms with Crippen LogP contribution in [0, 0.1) is 11.8 Å². The van der Waals surface area contributed by atoms with Gasteiger partial charge in [-0.2, -0.15) is 0 Å². The topological polar surface area (TPSA) is 32.3 Å². The third-order valence-electron chi connectivity index (χ3n) is 2.72. The van der Waals surface area contributed by atoms with Crippen LogP contribution < -0.4 is 5.32 Å². The molecule has 1 aromatic carbocycles. The molecular weight excluding hydrogens is 272 g/mol. The number of carbonyl (C=O) groups excluding carboxylic acids is 1. The van der Waals surface area contributed by atoms with Crippen LogP contribution in [0.25, 0.3) is 0 Å². The first-order valence-electron chi connectivity index (χ1n) is 7.14. The van der Waals surface area contributed by atoms with E-state index in [2.05, 4.69) is 37.9 Å². The van der Waals surface area contributed by atoms with Crippen LogP contribution in [0.4, 0.5) is 5.69 Å². The first-order valence-corrected chi connectivity index (χ1v) is 7.52. The highest BCUT2D eigenvalue weighted by Crippen LogP contribution is 2.15. The number of anilines is 1. The van der Waals surface area contributed by atoms with Crippen molar-refractivity contribution >= 4 is 23.2 Å². The van der Waals surface area contributed by atoms with Crippen molar-refractivity contribution in [2.75, 3.05) is 25.0 Å². The van der Waals surface area contributed by atoms with Gasteiger partial charge in [0, 0.05) is 23.8 Å². The lowest BCUT2D eigenvalue weighted by Gasteiger charge is -2.25. The Labute approximate surface area is 127 Å². The van der Waals surface area contributed by atoms with Gasteiger partial charge in [-0.25, -0.2) is 0 Å². The van der Waals surface area contributed by atoms with Gasteiger partial charge in [-0.05, 0) is 30.0 Å². The maximum atomic E-state index is 12.1. The first kappa shape index (κ1) is 17.0. The number of carbonyl (C=O) groups is 1. The smallest absolute Gasteiger partial charge is 0.238 e. The van der Waals surface area contributed by atoms with Crippen LogP contribution in [0.5, 0.6) is 0 Å². The summed E-state index contributed by atoms with van der Waals surface area (Å²) in [5.74, 6) is 1.11. The zero-order valence-corrected chi connectivity index (χ0v) is 13.6. The number of benzene rings is 1. The van der Waals surface area contributed by atoms with E-state index in [1.807, 2.05) is 12.1 Å². The molecule has 0 fully saturated rings. The summed E-state index contributed by atoms with van der Waals surface area (Å²) in [6.07, 6.45) is 0. The van der Waals surface area contributed by atoms with E-state index in [4.69, 9.17) is 11.6 Å². The molecular formula is C16H25ClN2O. The molecule has 1 N–H and O–H groups in total. The molecule has 0 heterocycles. The van der Waals surface area contributed by atoms with Gasteiger partial charge < -0.3 is 5.32 Å². The van der Waals surface area contributed by atoms with E-state index in [-0.39, 0.29) is 5.91 Å². The Morgan fingerprint density at radius 2 is 1.80 bits per heavy atom. The zero-order chi connectivity index (χ0) is 15.1. The van der Waals surface area contributed by atoms with Gasteiger partial charge in [0.05, 0.1) is 6.54 Å². The summed E-state index contributed by atoms with van der Waals surface area (Å²) in [5.41, 5.74) is 0.747. The van der Waals surface area contributed by atoms with Gasteiger partial charge in [-0.15, -0.1) is 0 Å². The van der Waals surface area contributed by atoms with Crippen LogP contribution in [0.3, 0.4) is 0 Å². The monoisotopic (exact) mass is 296 g/mol. The highest BCUT2D eigenvalue weighted by molar-refractivity contribution is 6.30. The highest BCUT2D eigenvalue weighted by Gasteiger charge is 2.13. The van der Waals surface area contributed by atoms with Gasteiger partial charge >= 0.3 is 0 Å². The molecule has 0 saturated carbocycles. The van der Waals surface area contributed by atoms with Crippen LogP contribution >= 0.6 is 11.6 Å². The van der Waals surface area contributed by atoms with E-state index in [0.717, 1.165) is 18.8 Å². The van der Waals surface area contributed by atoms with Crippen molar-refractivity contribution in [3.8, 4) is 0 Å². The van der Waals surface area contributed by atoms with Crippen molar-refractivity contribution in [1.82, 2.24) is 4.90 Å². The lowest BCUT2D eigenvalue weighted by molar-refractivity contribution is -0.117. The van der Waals surface area contributed by atoms with Gasteiger partial charge in [-0.3, -0.25) is 9.69 Å². The fourth-order valence-electron chi connectivity index (χ4n) is 2.21. The Balaban J connectivity index is 2.56. The van der Waals surface area contributed by atoms with Crippen LogP contribution in [0.15, 0.2) is 24.3 Å². The minimum Gasteiger partial charge on any atom is -0.325 e. The Morgan fingerprint density at radius 1 is 1.20 bits per heavy atom. The predicted molar refractivity (Wildman–Crippen MR) is 86.2 cm³/mol. The van der Waals surface area contributed by atoms with Crippen LogP contribution in [-0.4, -0.2) is 30.4 Å².